The van der Waals surface area contributed by atoms with Crippen molar-refractivity contribution in [2.24, 2.45) is 0 Å². The van der Waals surface area contributed by atoms with E-state index in [1.165, 1.54) is 11.1 Å². The zero-order valence-electron chi connectivity index (χ0n) is 11.3. The summed E-state index contributed by atoms with van der Waals surface area (Å²) in [5, 5.41) is 3.51. The van der Waals surface area contributed by atoms with Crippen molar-refractivity contribution in [3.63, 3.8) is 0 Å². The number of aromatic nitrogens is 2. The Morgan fingerprint density at radius 1 is 1.21 bits per heavy atom. The van der Waals surface area contributed by atoms with Crippen molar-refractivity contribution in [2.75, 3.05) is 11.1 Å². The summed E-state index contributed by atoms with van der Waals surface area (Å²) in [4.78, 5) is 8.74. The van der Waals surface area contributed by atoms with E-state index in [2.05, 4.69) is 27.4 Å². The van der Waals surface area contributed by atoms with Gasteiger partial charge in [-0.2, -0.15) is 0 Å². The van der Waals surface area contributed by atoms with Gasteiger partial charge in [-0.15, -0.1) is 0 Å². The second-order valence-electron chi connectivity index (χ2n) is 5.14. The van der Waals surface area contributed by atoms with E-state index in [1.807, 2.05) is 26.0 Å². The summed E-state index contributed by atoms with van der Waals surface area (Å²) in [6.45, 7) is 3.91. The topological polar surface area (TPSA) is 63.8 Å². The largest absolute Gasteiger partial charge is 0.399 e. The van der Waals surface area contributed by atoms with E-state index >= 15 is 0 Å². The standard InChI is InChI=1S/C15H18N4/c1-9-7-15(18-10(2)17-9)19-14-6-3-11-8-12(16)4-5-13(11)14/h4-5,7-8,14H,3,6,16H2,1-2H3,(H,17,18,19). The molecule has 1 aromatic carbocycles. The van der Waals surface area contributed by atoms with Gasteiger partial charge in [-0.1, -0.05) is 6.07 Å². The molecule has 4 nitrogen and oxygen atoms in total. The van der Waals surface area contributed by atoms with Crippen LogP contribution in [0, 0.1) is 13.8 Å². The number of nitrogen functional groups attached to an aromatic ring is 1. The number of nitrogens with zero attached hydrogens (tertiary/aromatic N) is 2. The van der Waals surface area contributed by atoms with E-state index in [0.717, 1.165) is 35.9 Å². The maximum absolute atomic E-state index is 5.83. The molecule has 0 radical (unpaired) electrons. The second-order valence-corrected chi connectivity index (χ2v) is 5.14. The van der Waals surface area contributed by atoms with Crippen molar-refractivity contribution in [1.82, 2.24) is 9.97 Å². The number of hydrogen-bond acceptors (Lipinski definition) is 4. The molecule has 0 fully saturated rings. The Labute approximate surface area is 113 Å². The van der Waals surface area contributed by atoms with E-state index in [9.17, 15) is 0 Å². The van der Waals surface area contributed by atoms with Crippen molar-refractivity contribution >= 4 is 11.5 Å². The molecule has 0 saturated heterocycles. The lowest BCUT2D eigenvalue weighted by Crippen LogP contribution is -2.09. The van der Waals surface area contributed by atoms with Gasteiger partial charge < -0.3 is 11.1 Å². The molecule has 3 rings (SSSR count). The zero-order valence-corrected chi connectivity index (χ0v) is 11.3. The minimum Gasteiger partial charge on any atom is -0.399 e. The Kier molecular flexibility index (Phi) is 2.85. The third-order valence-corrected chi connectivity index (χ3v) is 3.53. The van der Waals surface area contributed by atoms with Gasteiger partial charge in [0.2, 0.25) is 0 Å². The Morgan fingerprint density at radius 2 is 2.05 bits per heavy atom. The van der Waals surface area contributed by atoms with Crippen molar-refractivity contribution < 1.29 is 0 Å². The van der Waals surface area contributed by atoms with E-state index in [-0.39, 0.29) is 0 Å². The lowest BCUT2D eigenvalue weighted by atomic mass is 10.1. The van der Waals surface area contributed by atoms with Crippen molar-refractivity contribution in [2.45, 2.75) is 32.7 Å². The predicted octanol–water partition coefficient (Wildman–Crippen LogP) is 2.78. The van der Waals surface area contributed by atoms with E-state index < -0.39 is 0 Å². The summed E-state index contributed by atoms with van der Waals surface area (Å²) in [6, 6.07) is 8.48. The maximum atomic E-state index is 5.83. The molecule has 2 aromatic rings. The van der Waals surface area contributed by atoms with Crippen LogP contribution in [0.3, 0.4) is 0 Å². The molecule has 1 aliphatic carbocycles. The molecule has 0 aliphatic heterocycles. The highest BCUT2D eigenvalue weighted by Gasteiger charge is 2.22. The summed E-state index contributed by atoms with van der Waals surface area (Å²) in [6.07, 6.45) is 2.15. The van der Waals surface area contributed by atoms with Crippen molar-refractivity contribution in [3.8, 4) is 0 Å². The van der Waals surface area contributed by atoms with E-state index in [1.54, 1.807) is 0 Å². The van der Waals surface area contributed by atoms with Crippen LogP contribution < -0.4 is 11.1 Å². The highest BCUT2D eigenvalue weighted by Crippen LogP contribution is 2.34. The van der Waals surface area contributed by atoms with Gasteiger partial charge in [-0.05, 0) is 49.9 Å². The normalized spacial score (nSPS) is 17.3. The fraction of sp³-hybridized carbons (Fsp3) is 0.333. The molecule has 19 heavy (non-hydrogen) atoms. The predicted molar refractivity (Wildman–Crippen MR) is 77.0 cm³/mol. The Balaban J connectivity index is 1.86. The van der Waals surface area contributed by atoms with Gasteiger partial charge >= 0.3 is 0 Å². The molecule has 1 aromatic heterocycles. The lowest BCUT2D eigenvalue weighted by Gasteiger charge is -2.15. The number of nitrogens with two attached hydrogens (primary N) is 1. The first kappa shape index (κ1) is 12.0. The molecule has 1 aliphatic rings. The number of fused-ring (bicyclic) bond motifs is 1. The minimum atomic E-state index is 0.323. The fourth-order valence-electron chi connectivity index (χ4n) is 2.76. The first-order valence-corrected chi connectivity index (χ1v) is 6.59. The van der Waals surface area contributed by atoms with E-state index in [0.29, 0.717) is 6.04 Å². The molecular weight excluding hydrogens is 236 g/mol. The van der Waals surface area contributed by atoms with Gasteiger partial charge in [-0.25, -0.2) is 9.97 Å². The van der Waals surface area contributed by atoms with Crippen LogP contribution in [0.4, 0.5) is 11.5 Å². The summed E-state index contributed by atoms with van der Waals surface area (Å²) in [5.41, 5.74) is 10.3. The van der Waals surface area contributed by atoms with Crippen LogP contribution in [0.2, 0.25) is 0 Å². The molecular formula is C15H18N4. The highest BCUT2D eigenvalue weighted by atomic mass is 15.0. The van der Waals surface area contributed by atoms with Crippen LogP contribution in [0.5, 0.6) is 0 Å². The molecule has 98 valence electrons. The molecule has 1 unspecified atom stereocenters. The third kappa shape index (κ3) is 2.38. The first-order chi connectivity index (χ1) is 9.11. The summed E-state index contributed by atoms with van der Waals surface area (Å²) in [7, 11) is 0. The molecule has 1 heterocycles. The van der Waals surface area contributed by atoms with Crippen LogP contribution in [0.15, 0.2) is 24.3 Å². The fourth-order valence-corrected chi connectivity index (χ4v) is 2.76. The van der Waals surface area contributed by atoms with E-state index in [4.69, 9.17) is 5.73 Å². The third-order valence-electron chi connectivity index (χ3n) is 3.53. The van der Waals surface area contributed by atoms with Gasteiger partial charge in [-0.3, -0.25) is 0 Å². The van der Waals surface area contributed by atoms with Crippen molar-refractivity contribution in [1.29, 1.82) is 0 Å². The monoisotopic (exact) mass is 254 g/mol. The van der Waals surface area contributed by atoms with Gasteiger partial charge in [0.1, 0.15) is 11.6 Å². The number of benzene rings is 1. The smallest absolute Gasteiger partial charge is 0.130 e. The van der Waals surface area contributed by atoms with Crippen LogP contribution in [0.1, 0.15) is 35.1 Å². The number of hydrogen-bond donors (Lipinski definition) is 2. The van der Waals surface area contributed by atoms with Crippen LogP contribution in [0.25, 0.3) is 0 Å². The molecule has 0 amide bonds. The molecule has 3 N–H and O–H groups in total. The first-order valence-electron chi connectivity index (χ1n) is 6.59. The van der Waals surface area contributed by atoms with Crippen LogP contribution >= 0.6 is 0 Å². The zero-order chi connectivity index (χ0) is 13.4. The number of nitrogens with one attached hydrogen (secondary N) is 1. The molecule has 0 bridgehead atoms. The Hall–Kier alpha value is -2.10. The average molecular weight is 254 g/mol. The molecule has 0 spiro atoms. The molecule has 0 saturated carbocycles. The maximum Gasteiger partial charge on any atom is 0.130 e. The number of aryl methyl sites for hydroxylation is 3. The van der Waals surface area contributed by atoms with Crippen LogP contribution in [-0.2, 0) is 6.42 Å². The lowest BCUT2D eigenvalue weighted by molar-refractivity contribution is 0.754. The average Bonchev–Trinajstić information content (AvgIpc) is 2.70. The van der Waals surface area contributed by atoms with Gasteiger partial charge in [0.15, 0.2) is 0 Å². The highest BCUT2D eigenvalue weighted by molar-refractivity contribution is 5.50. The summed E-state index contributed by atoms with van der Waals surface area (Å²) < 4.78 is 0. The van der Waals surface area contributed by atoms with Gasteiger partial charge in [0.25, 0.3) is 0 Å². The molecule has 4 heteroatoms. The SMILES string of the molecule is Cc1cc(NC2CCc3cc(N)ccc32)nc(C)n1. The van der Waals surface area contributed by atoms with Gasteiger partial charge in [0, 0.05) is 17.4 Å². The van der Waals surface area contributed by atoms with Gasteiger partial charge in [0.05, 0.1) is 6.04 Å². The minimum absolute atomic E-state index is 0.323. The van der Waals surface area contributed by atoms with Crippen molar-refractivity contribution in [3.05, 3.63) is 46.9 Å². The summed E-state index contributed by atoms with van der Waals surface area (Å²) in [5.74, 6) is 1.71. The molecule has 1 atom stereocenters. The van der Waals surface area contributed by atoms with Crippen LogP contribution in [-0.4, -0.2) is 9.97 Å². The summed E-state index contributed by atoms with van der Waals surface area (Å²) >= 11 is 0. The Bertz CT molecular complexity index is 601. The quantitative estimate of drug-likeness (QED) is 0.809. The Morgan fingerprint density at radius 3 is 2.84 bits per heavy atom. The number of rotatable bonds is 2. The second kappa shape index (κ2) is 4.53. The number of anilines is 2.